The summed E-state index contributed by atoms with van der Waals surface area (Å²) in [6, 6.07) is 9.32. The molecule has 4 heterocycles. The summed E-state index contributed by atoms with van der Waals surface area (Å²) in [7, 11) is 1.90. The molecule has 1 atom stereocenters. The number of aryl methyl sites for hydroxylation is 1. The highest BCUT2D eigenvalue weighted by atomic mass is 35.5. The predicted octanol–water partition coefficient (Wildman–Crippen LogP) is 5.06. The summed E-state index contributed by atoms with van der Waals surface area (Å²) >= 11 is 12.2. The number of hydrogen-bond donors (Lipinski definition) is 0. The van der Waals surface area contributed by atoms with E-state index in [0.29, 0.717) is 36.2 Å². The van der Waals surface area contributed by atoms with E-state index in [0.717, 1.165) is 27.9 Å². The van der Waals surface area contributed by atoms with E-state index in [-0.39, 0.29) is 6.09 Å². The Labute approximate surface area is 207 Å². The quantitative estimate of drug-likeness (QED) is 0.393. The Hall–Kier alpha value is -3.23. The van der Waals surface area contributed by atoms with Crippen LogP contribution >= 0.6 is 23.2 Å². The van der Waals surface area contributed by atoms with Gasteiger partial charge in [-0.3, -0.25) is 4.68 Å². The number of pyridine rings is 1. The molecule has 0 N–H and O–H groups in total. The molecule has 0 bridgehead atoms. The van der Waals surface area contributed by atoms with Gasteiger partial charge in [0.05, 0.1) is 23.6 Å². The second-order valence-electron chi connectivity index (χ2n) is 8.35. The average molecular weight is 499 g/mol. The van der Waals surface area contributed by atoms with Crippen LogP contribution in [0.5, 0.6) is 0 Å². The third-order valence-electron chi connectivity index (χ3n) is 6.09. The van der Waals surface area contributed by atoms with E-state index in [9.17, 15) is 4.79 Å². The van der Waals surface area contributed by atoms with Gasteiger partial charge in [-0.15, -0.1) is 0 Å². The van der Waals surface area contributed by atoms with Gasteiger partial charge in [-0.2, -0.15) is 10.2 Å². The second kappa shape index (κ2) is 9.19. The van der Waals surface area contributed by atoms with Gasteiger partial charge in [0, 0.05) is 72.4 Å². The lowest BCUT2D eigenvalue weighted by Gasteiger charge is -2.35. The normalized spacial score (nSPS) is 15.1. The van der Waals surface area contributed by atoms with E-state index in [1.807, 2.05) is 43.3 Å². The van der Waals surface area contributed by atoms with E-state index in [1.165, 1.54) is 0 Å². The van der Waals surface area contributed by atoms with Crippen molar-refractivity contribution in [3.63, 3.8) is 0 Å². The minimum atomic E-state index is -0.469. The Morgan fingerprint density at radius 2 is 1.79 bits per heavy atom. The van der Waals surface area contributed by atoms with Gasteiger partial charge in [-0.1, -0.05) is 35.3 Å². The highest BCUT2D eigenvalue weighted by Crippen LogP contribution is 2.29. The number of carbonyl (C=O) groups excluding carboxylic acids is 1. The molecule has 8 nitrogen and oxygen atoms in total. The Morgan fingerprint density at radius 1 is 1.00 bits per heavy atom. The van der Waals surface area contributed by atoms with Crippen molar-refractivity contribution in [2.75, 3.05) is 31.1 Å². The Balaban J connectivity index is 1.23. The van der Waals surface area contributed by atoms with Crippen LogP contribution in [0.2, 0.25) is 10.0 Å². The average Bonchev–Trinajstić information content (AvgIpc) is 3.45. The first-order valence-corrected chi connectivity index (χ1v) is 11.8. The molecule has 0 unspecified atom stereocenters. The van der Waals surface area contributed by atoms with E-state index < -0.39 is 6.10 Å². The lowest BCUT2D eigenvalue weighted by molar-refractivity contribution is 0.0681. The minimum absolute atomic E-state index is 0.348. The molecule has 0 spiro atoms. The molecule has 10 heteroatoms. The van der Waals surface area contributed by atoms with Crippen LogP contribution in [0, 0.1) is 0 Å². The van der Waals surface area contributed by atoms with Gasteiger partial charge in [0.25, 0.3) is 0 Å². The number of hydrogen-bond acceptors (Lipinski definition) is 5. The van der Waals surface area contributed by atoms with Crippen LogP contribution in [-0.2, 0) is 11.8 Å². The summed E-state index contributed by atoms with van der Waals surface area (Å²) in [5.41, 5.74) is 4.90. The number of fused-ring (bicyclic) bond motifs is 1. The maximum absolute atomic E-state index is 12.7. The van der Waals surface area contributed by atoms with E-state index >= 15 is 0 Å². The zero-order chi connectivity index (χ0) is 23.8. The zero-order valence-corrected chi connectivity index (χ0v) is 20.4. The van der Waals surface area contributed by atoms with Crippen molar-refractivity contribution in [1.29, 1.82) is 0 Å². The lowest BCUT2D eigenvalue weighted by atomic mass is 10.1. The monoisotopic (exact) mass is 498 g/mol. The molecular weight excluding hydrogens is 475 g/mol. The summed E-state index contributed by atoms with van der Waals surface area (Å²) in [4.78, 5) is 16.7. The molecule has 4 aromatic rings. The minimum Gasteiger partial charge on any atom is -0.441 e. The van der Waals surface area contributed by atoms with Crippen LogP contribution in [0.25, 0.3) is 16.6 Å². The van der Waals surface area contributed by atoms with Gasteiger partial charge in [0.15, 0.2) is 0 Å². The van der Waals surface area contributed by atoms with Crippen LogP contribution in [0.15, 0.2) is 55.1 Å². The number of rotatable bonds is 4. The maximum Gasteiger partial charge on any atom is 0.410 e. The zero-order valence-electron chi connectivity index (χ0n) is 18.9. The topological polar surface area (TPSA) is 67.9 Å². The first kappa shape index (κ1) is 22.6. The number of halogens is 2. The number of amides is 1. The van der Waals surface area contributed by atoms with Gasteiger partial charge < -0.3 is 14.5 Å². The standard InChI is InChI=1S/C24H24Cl2N6O2/c1-16(20-5-4-19(25)11-21(20)26)34-24(33)31-9-7-30(8-10-31)23-13-28-32-15-17(3-6-22(23)32)18-12-27-29(2)14-18/h3-6,11-16H,7-10H2,1-2H3/t16-/m1/s1. The molecule has 1 aromatic carbocycles. The maximum atomic E-state index is 12.7. The Morgan fingerprint density at radius 3 is 2.50 bits per heavy atom. The number of nitrogens with zero attached hydrogens (tertiary/aromatic N) is 6. The molecule has 0 saturated carbocycles. The molecule has 1 saturated heterocycles. The fourth-order valence-corrected chi connectivity index (χ4v) is 4.77. The van der Waals surface area contributed by atoms with Crippen molar-refractivity contribution in [3.05, 3.63) is 70.7 Å². The van der Waals surface area contributed by atoms with E-state index in [2.05, 4.69) is 27.2 Å². The smallest absolute Gasteiger partial charge is 0.410 e. The number of ether oxygens (including phenoxy) is 1. The number of piperazine rings is 1. The van der Waals surface area contributed by atoms with Crippen molar-refractivity contribution in [2.45, 2.75) is 13.0 Å². The summed E-state index contributed by atoms with van der Waals surface area (Å²) < 4.78 is 9.33. The molecule has 5 rings (SSSR count). The largest absolute Gasteiger partial charge is 0.441 e. The summed E-state index contributed by atoms with van der Waals surface area (Å²) in [6.07, 6.45) is 6.88. The van der Waals surface area contributed by atoms with Crippen molar-refractivity contribution in [2.24, 2.45) is 7.05 Å². The van der Waals surface area contributed by atoms with Gasteiger partial charge >= 0.3 is 6.09 Å². The second-order valence-corrected chi connectivity index (χ2v) is 9.19. The molecule has 1 aliphatic heterocycles. The van der Waals surface area contributed by atoms with Gasteiger partial charge in [0.2, 0.25) is 0 Å². The van der Waals surface area contributed by atoms with Crippen molar-refractivity contribution < 1.29 is 9.53 Å². The van der Waals surface area contributed by atoms with Crippen LogP contribution in [0.3, 0.4) is 0 Å². The fraction of sp³-hybridized carbons (Fsp3) is 0.292. The number of benzene rings is 1. The molecular formula is C24H24Cl2N6O2. The van der Waals surface area contributed by atoms with Crippen molar-refractivity contribution >= 4 is 40.5 Å². The molecule has 176 valence electrons. The molecule has 1 fully saturated rings. The SMILES string of the molecule is C[C@@H](OC(=O)N1CCN(c2cnn3cc(-c4cnn(C)c4)ccc23)CC1)c1ccc(Cl)cc1Cl. The highest BCUT2D eigenvalue weighted by Gasteiger charge is 2.26. The van der Waals surface area contributed by atoms with E-state index in [4.69, 9.17) is 27.9 Å². The van der Waals surface area contributed by atoms with Crippen LogP contribution in [0.1, 0.15) is 18.6 Å². The summed E-state index contributed by atoms with van der Waals surface area (Å²) in [6.45, 7) is 4.31. The lowest BCUT2D eigenvalue weighted by Crippen LogP contribution is -2.49. The number of aromatic nitrogens is 4. The summed E-state index contributed by atoms with van der Waals surface area (Å²) in [5, 5.41) is 9.82. The highest BCUT2D eigenvalue weighted by molar-refractivity contribution is 6.35. The fourth-order valence-electron chi connectivity index (χ4n) is 4.21. The summed E-state index contributed by atoms with van der Waals surface area (Å²) in [5.74, 6) is 0. The van der Waals surface area contributed by atoms with Crippen LogP contribution < -0.4 is 4.90 Å². The Kier molecular flexibility index (Phi) is 6.10. The van der Waals surface area contributed by atoms with Gasteiger partial charge in [-0.25, -0.2) is 9.31 Å². The Bertz CT molecular complexity index is 1340. The molecule has 0 aliphatic carbocycles. The van der Waals surface area contributed by atoms with Crippen molar-refractivity contribution in [3.8, 4) is 11.1 Å². The first-order chi connectivity index (χ1) is 16.4. The van der Waals surface area contributed by atoms with Gasteiger partial charge in [0.1, 0.15) is 6.10 Å². The van der Waals surface area contributed by atoms with Crippen LogP contribution in [-0.4, -0.2) is 56.6 Å². The van der Waals surface area contributed by atoms with Crippen molar-refractivity contribution in [1.82, 2.24) is 24.3 Å². The van der Waals surface area contributed by atoms with Crippen LogP contribution in [0.4, 0.5) is 10.5 Å². The molecule has 1 aliphatic rings. The number of anilines is 1. The predicted molar refractivity (Wildman–Crippen MR) is 133 cm³/mol. The molecule has 3 aromatic heterocycles. The first-order valence-electron chi connectivity index (χ1n) is 11.0. The van der Waals surface area contributed by atoms with Gasteiger partial charge in [-0.05, 0) is 25.1 Å². The molecule has 1 amide bonds. The van der Waals surface area contributed by atoms with E-state index in [1.54, 1.807) is 27.8 Å². The molecule has 0 radical (unpaired) electrons. The number of carbonyl (C=O) groups is 1. The third-order valence-corrected chi connectivity index (χ3v) is 6.65. The molecule has 34 heavy (non-hydrogen) atoms. The third kappa shape index (κ3) is 4.43.